The van der Waals surface area contributed by atoms with Crippen molar-refractivity contribution < 1.29 is 23.1 Å². The molecule has 1 N–H and O–H groups in total. The highest BCUT2D eigenvalue weighted by Gasteiger charge is 2.31. The van der Waals surface area contributed by atoms with Gasteiger partial charge in [-0.3, -0.25) is 4.79 Å². The summed E-state index contributed by atoms with van der Waals surface area (Å²) in [6, 6.07) is 4.58. The molecule has 1 amide bonds. The van der Waals surface area contributed by atoms with Crippen LogP contribution in [0.15, 0.2) is 18.2 Å². The number of rotatable bonds is 3. The van der Waals surface area contributed by atoms with Crippen molar-refractivity contribution in [3.8, 4) is 11.8 Å². The van der Waals surface area contributed by atoms with Gasteiger partial charge in [0.2, 0.25) is 0 Å². The Bertz CT molecular complexity index is 571. The zero-order chi connectivity index (χ0) is 16.0. The molecule has 0 aliphatic rings. The maximum atomic E-state index is 12.3. The molecule has 3 nitrogen and oxygen atoms in total. The number of halogens is 3. The Morgan fingerprint density at radius 1 is 1.38 bits per heavy atom. The first-order chi connectivity index (χ1) is 9.74. The summed E-state index contributed by atoms with van der Waals surface area (Å²) in [4.78, 5) is 12.6. The second kappa shape index (κ2) is 7.14. The van der Waals surface area contributed by atoms with E-state index in [0.717, 1.165) is 12.6 Å². The third kappa shape index (κ3) is 5.48. The molecule has 0 radical (unpaired) electrons. The van der Waals surface area contributed by atoms with Crippen molar-refractivity contribution >= 4 is 5.91 Å². The van der Waals surface area contributed by atoms with Gasteiger partial charge in [-0.25, -0.2) is 0 Å². The van der Waals surface area contributed by atoms with Crippen LogP contribution in [0.3, 0.4) is 0 Å². The van der Waals surface area contributed by atoms with E-state index in [1.165, 1.54) is 12.1 Å². The van der Waals surface area contributed by atoms with Gasteiger partial charge >= 0.3 is 6.18 Å². The van der Waals surface area contributed by atoms with Crippen LogP contribution in [0.25, 0.3) is 0 Å². The smallest absolute Gasteiger partial charge is 0.395 e. The molecule has 0 saturated carbocycles. The van der Waals surface area contributed by atoms with E-state index in [2.05, 4.69) is 11.8 Å². The molecule has 0 aromatic heterocycles. The molecule has 1 aromatic carbocycles. The average molecular weight is 299 g/mol. The summed E-state index contributed by atoms with van der Waals surface area (Å²) in [5, 5.41) is 8.67. The number of hydrogen-bond acceptors (Lipinski definition) is 2. The number of carbonyl (C=O) groups excluding carboxylic acids is 1. The van der Waals surface area contributed by atoms with Crippen LogP contribution in [0.2, 0.25) is 0 Å². The Kier molecular flexibility index (Phi) is 5.79. The Balaban J connectivity index is 2.96. The highest BCUT2D eigenvalue weighted by Crippen LogP contribution is 2.18. The molecule has 0 unspecified atom stereocenters. The van der Waals surface area contributed by atoms with Gasteiger partial charge in [0, 0.05) is 24.6 Å². The van der Waals surface area contributed by atoms with Crippen molar-refractivity contribution in [1.29, 1.82) is 0 Å². The van der Waals surface area contributed by atoms with Crippen LogP contribution in [0.4, 0.5) is 13.2 Å². The number of alkyl halides is 3. The lowest BCUT2D eigenvalue weighted by atomic mass is 10.0. The van der Waals surface area contributed by atoms with Gasteiger partial charge in [-0.05, 0) is 24.6 Å². The topological polar surface area (TPSA) is 40.5 Å². The molecule has 0 atom stereocenters. The van der Waals surface area contributed by atoms with Crippen LogP contribution < -0.4 is 0 Å². The summed E-state index contributed by atoms with van der Waals surface area (Å²) in [5.74, 6) is 4.80. The van der Waals surface area contributed by atoms with Gasteiger partial charge in [-0.15, -0.1) is 0 Å². The fourth-order valence-corrected chi connectivity index (χ4v) is 1.66. The minimum atomic E-state index is -4.43. The second-order valence-corrected chi connectivity index (χ2v) is 4.58. The average Bonchev–Trinajstić information content (AvgIpc) is 2.38. The third-order valence-electron chi connectivity index (χ3n) is 2.71. The van der Waals surface area contributed by atoms with Gasteiger partial charge in [0.1, 0.15) is 6.54 Å². The molecule has 0 saturated heterocycles. The first kappa shape index (κ1) is 17.1. The van der Waals surface area contributed by atoms with E-state index in [4.69, 9.17) is 5.11 Å². The number of nitrogens with zero attached hydrogens (tertiary/aromatic N) is 1. The van der Waals surface area contributed by atoms with Crippen LogP contribution in [-0.4, -0.2) is 42.3 Å². The molecule has 0 fully saturated rings. The lowest BCUT2D eigenvalue weighted by Crippen LogP contribution is -2.35. The van der Waals surface area contributed by atoms with Crippen molar-refractivity contribution in [2.24, 2.45) is 0 Å². The highest BCUT2D eigenvalue weighted by molar-refractivity contribution is 5.94. The Labute approximate surface area is 121 Å². The number of hydrogen-bond donors (Lipinski definition) is 1. The summed E-state index contributed by atoms with van der Waals surface area (Å²) >= 11 is 0. The molecule has 0 bridgehead atoms. The molecule has 0 aliphatic heterocycles. The van der Waals surface area contributed by atoms with Crippen molar-refractivity contribution in [3.63, 3.8) is 0 Å². The van der Waals surface area contributed by atoms with E-state index in [1.807, 2.05) is 0 Å². The minimum Gasteiger partial charge on any atom is -0.395 e. The summed E-state index contributed by atoms with van der Waals surface area (Å²) in [6.45, 7) is 0.418. The van der Waals surface area contributed by atoms with Gasteiger partial charge in [0.05, 0.1) is 6.61 Å². The molecular formula is C15H16F3NO2. The molecule has 1 aromatic rings. The van der Waals surface area contributed by atoms with E-state index in [-0.39, 0.29) is 12.2 Å². The number of benzene rings is 1. The predicted molar refractivity (Wildman–Crippen MR) is 72.8 cm³/mol. The van der Waals surface area contributed by atoms with Gasteiger partial charge in [0.15, 0.2) is 0 Å². The van der Waals surface area contributed by atoms with E-state index in [1.54, 1.807) is 13.0 Å². The van der Waals surface area contributed by atoms with Crippen LogP contribution in [-0.2, 0) is 0 Å². The maximum absolute atomic E-state index is 12.3. The standard InChI is InChI=1S/C15H16F3NO2/c1-11-6-7-13(9-12(11)5-3-4-8-20)14(21)19(2)10-15(16,17)18/h6-7,9,20H,4,8,10H2,1-2H3. The lowest BCUT2D eigenvalue weighted by molar-refractivity contribution is -0.138. The van der Waals surface area contributed by atoms with Crippen molar-refractivity contribution in [1.82, 2.24) is 4.90 Å². The fraction of sp³-hybridized carbons (Fsp3) is 0.400. The molecule has 21 heavy (non-hydrogen) atoms. The third-order valence-corrected chi connectivity index (χ3v) is 2.71. The van der Waals surface area contributed by atoms with Crippen LogP contribution >= 0.6 is 0 Å². The van der Waals surface area contributed by atoms with Gasteiger partial charge in [-0.2, -0.15) is 13.2 Å². The largest absolute Gasteiger partial charge is 0.406 e. The van der Waals surface area contributed by atoms with Crippen molar-refractivity contribution in [2.75, 3.05) is 20.2 Å². The fourth-order valence-electron chi connectivity index (χ4n) is 1.66. The number of aliphatic hydroxyl groups is 1. The van der Waals surface area contributed by atoms with Crippen molar-refractivity contribution in [3.05, 3.63) is 34.9 Å². The number of aliphatic hydroxyl groups excluding tert-OH is 1. The monoisotopic (exact) mass is 299 g/mol. The Morgan fingerprint density at radius 3 is 2.62 bits per heavy atom. The highest BCUT2D eigenvalue weighted by atomic mass is 19.4. The van der Waals surface area contributed by atoms with E-state index >= 15 is 0 Å². The Hall–Kier alpha value is -2.00. The molecule has 1 rings (SSSR count). The van der Waals surface area contributed by atoms with E-state index in [0.29, 0.717) is 16.9 Å². The zero-order valence-electron chi connectivity index (χ0n) is 11.8. The molecule has 114 valence electrons. The number of carbonyl (C=O) groups is 1. The Morgan fingerprint density at radius 2 is 2.05 bits per heavy atom. The number of amides is 1. The molecule has 0 spiro atoms. The predicted octanol–water partition coefficient (Wildman–Crippen LogP) is 2.36. The SMILES string of the molecule is Cc1ccc(C(=O)N(C)CC(F)(F)F)cc1C#CCCO. The first-order valence-electron chi connectivity index (χ1n) is 6.27. The number of aryl methyl sites for hydroxylation is 1. The quantitative estimate of drug-likeness (QED) is 0.871. The summed E-state index contributed by atoms with van der Waals surface area (Å²) in [7, 11) is 1.10. The molecular weight excluding hydrogens is 283 g/mol. The van der Waals surface area contributed by atoms with Crippen LogP contribution in [0.1, 0.15) is 27.9 Å². The van der Waals surface area contributed by atoms with Crippen LogP contribution in [0.5, 0.6) is 0 Å². The van der Waals surface area contributed by atoms with Crippen molar-refractivity contribution in [2.45, 2.75) is 19.5 Å². The molecule has 0 aliphatic carbocycles. The maximum Gasteiger partial charge on any atom is 0.406 e. The molecule has 6 heteroatoms. The second-order valence-electron chi connectivity index (χ2n) is 4.58. The van der Waals surface area contributed by atoms with E-state index in [9.17, 15) is 18.0 Å². The summed E-state index contributed by atoms with van der Waals surface area (Å²) < 4.78 is 36.9. The van der Waals surface area contributed by atoms with Gasteiger partial charge in [-0.1, -0.05) is 17.9 Å². The molecule has 0 heterocycles. The summed E-state index contributed by atoms with van der Waals surface area (Å²) in [6.07, 6.45) is -4.13. The normalized spacial score (nSPS) is 10.8. The van der Waals surface area contributed by atoms with Crippen LogP contribution in [0, 0.1) is 18.8 Å². The minimum absolute atomic E-state index is 0.0704. The summed E-state index contributed by atoms with van der Waals surface area (Å²) in [5.41, 5.74) is 1.53. The van der Waals surface area contributed by atoms with Gasteiger partial charge < -0.3 is 10.0 Å². The first-order valence-corrected chi connectivity index (χ1v) is 6.27. The lowest BCUT2D eigenvalue weighted by Gasteiger charge is -2.19. The van der Waals surface area contributed by atoms with E-state index < -0.39 is 18.6 Å². The van der Waals surface area contributed by atoms with Gasteiger partial charge in [0.25, 0.3) is 5.91 Å². The zero-order valence-corrected chi connectivity index (χ0v) is 11.8.